The standard InChI is InChI=1S/CHF2N/c1-4(2)3/h1H. The number of halogens is 2. The lowest BCUT2D eigenvalue weighted by Gasteiger charge is -1.54. The van der Waals surface area contributed by atoms with Gasteiger partial charge in [0.25, 0.3) is 0 Å². The van der Waals surface area contributed by atoms with Crippen molar-refractivity contribution in [3.63, 3.8) is 0 Å². The van der Waals surface area contributed by atoms with Gasteiger partial charge in [-0.3, -0.25) is 0 Å². The first-order valence-corrected chi connectivity index (χ1v) is 0.596. The van der Waals surface area contributed by atoms with Crippen LogP contribution < -0.4 is 0 Å². The Balaban J connectivity index is 2.80. The van der Waals surface area contributed by atoms with E-state index in [-0.39, 0.29) is 0 Å². The molecule has 0 heterocycles. The Morgan fingerprint density at radius 3 is 1.50 bits per heavy atom. The number of hydrogen-bond donors (Lipinski definition) is 0. The van der Waals surface area contributed by atoms with Gasteiger partial charge in [0.05, 0.1) is 8.96 Å². The van der Waals surface area contributed by atoms with Crippen LogP contribution in [-0.4, -0.2) is 11.7 Å². The lowest BCUT2D eigenvalue weighted by Crippen LogP contribution is -1.66. The fourth-order valence-electron chi connectivity index (χ4n) is 0. The van der Waals surface area contributed by atoms with Crippen LogP contribution in [0.4, 0.5) is 8.96 Å². The maximum Gasteiger partial charge on any atom is 0.1000 e. The van der Waals surface area contributed by atoms with Gasteiger partial charge in [-0.15, -0.1) is 0 Å². The molecule has 0 fully saturated rings. The molecule has 0 aliphatic rings. The van der Waals surface area contributed by atoms with Crippen molar-refractivity contribution in [2.24, 2.45) is 0 Å². The molecule has 0 rings (SSSR count). The molecule has 0 aliphatic heterocycles. The van der Waals surface area contributed by atoms with Crippen molar-refractivity contribution in [1.29, 1.82) is 0 Å². The van der Waals surface area contributed by atoms with E-state index in [1.54, 1.807) is 0 Å². The fraction of sp³-hybridized carbons (Fsp3) is 0. The predicted octanol–water partition coefficient (Wildman–Crippen LogP) is 0.346. The van der Waals surface area contributed by atoms with E-state index in [0.717, 1.165) is 0 Å². The van der Waals surface area contributed by atoms with Crippen molar-refractivity contribution in [3.05, 3.63) is 0 Å². The summed E-state index contributed by atoms with van der Waals surface area (Å²) in [6, 6.07) is 0. The molecule has 0 saturated carbocycles. The molecule has 0 spiro atoms. The molecule has 0 aliphatic carbocycles. The highest BCUT2D eigenvalue weighted by atomic mass is 19.4. The van der Waals surface area contributed by atoms with Crippen molar-refractivity contribution in [3.8, 4) is 0 Å². The van der Waals surface area contributed by atoms with Gasteiger partial charge in [0, 0.05) is 5.02 Å². The molecule has 0 radical (unpaired) electrons. The monoisotopic (exact) mass is 65.0 g/mol. The zero-order chi connectivity index (χ0) is 3.58. The van der Waals surface area contributed by atoms with Gasteiger partial charge in [0.15, 0.2) is 0 Å². The minimum atomic E-state index is -1.50. The molecule has 24 valence electrons. The van der Waals surface area contributed by atoms with Crippen LogP contribution in [0, 0.1) is 0 Å². The van der Waals surface area contributed by atoms with E-state index >= 15 is 0 Å². The SMILES string of the molecule is [CH-]=[N+](F)F. The third-order valence-corrected chi connectivity index (χ3v) is 0. The zero-order valence-electron chi connectivity index (χ0n) is 1.78. The minimum absolute atomic E-state index is 1.50. The van der Waals surface area contributed by atoms with E-state index < -0.39 is 5.02 Å². The van der Waals surface area contributed by atoms with Crippen LogP contribution in [0.15, 0.2) is 0 Å². The molecule has 0 N–H and O–H groups in total. The second kappa shape index (κ2) is 0.925. The van der Waals surface area contributed by atoms with Gasteiger partial charge < -0.3 is 0 Å². The molecule has 0 aromatic rings. The molecule has 0 saturated heterocycles. The van der Waals surface area contributed by atoms with Crippen LogP contribution in [0.1, 0.15) is 0 Å². The molecule has 3 heteroatoms. The van der Waals surface area contributed by atoms with Crippen LogP contribution in [0.25, 0.3) is 0 Å². The summed E-state index contributed by atoms with van der Waals surface area (Å²) in [5.74, 6) is 0. The Morgan fingerprint density at radius 1 is 1.50 bits per heavy atom. The van der Waals surface area contributed by atoms with E-state index in [9.17, 15) is 8.96 Å². The Kier molecular flexibility index (Phi) is 0.817. The van der Waals surface area contributed by atoms with Gasteiger partial charge in [0.1, 0.15) is 0 Å². The van der Waals surface area contributed by atoms with Gasteiger partial charge in [-0.25, -0.2) is 0 Å². The summed E-state index contributed by atoms with van der Waals surface area (Å²) >= 11 is 0. The molecule has 0 amide bonds. The van der Waals surface area contributed by atoms with E-state index in [4.69, 9.17) is 0 Å². The van der Waals surface area contributed by atoms with Gasteiger partial charge in [-0.2, -0.15) is 0 Å². The quantitative estimate of drug-likeness (QED) is 0.217. The Hall–Kier alpha value is -0.470. The van der Waals surface area contributed by atoms with E-state index in [2.05, 4.69) is 6.72 Å². The maximum atomic E-state index is 9.94. The molecule has 0 bridgehead atoms. The van der Waals surface area contributed by atoms with Crippen molar-refractivity contribution in [1.82, 2.24) is 0 Å². The number of nitrogens with zero attached hydrogens (tertiary/aromatic N) is 1. The lowest BCUT2D eigenvalue weighted by atomic mass is 11.8. The molecular weight excluding hydrogens is 64.0 g/mol. The number of rotatable bonds is 0. The Bertz CT molecular complexity index is 29.0. The van der Waals surface area contributed by atoms with Crippen LogP contribution in [-0.2, 0) is 0 Å². The lowest BCUT2D eigenvalue weighted by molar-refractivity contribution is -0.847. The van der Waals surface area contributed by atoms with E-state index in [1.807, 2.05) is 0 Å². The van der Waals surface area contributed by atoms with Crippen molar-refractivity contribution in [2.45, 2.75) is 0 Å². The fourth-order valence-corrected chi connectivity index (χ4v) is 0. The average Bonchev–Trinajstić information content (AvgIpc) is 0.811. The van der Waals surface area contributed by atoms with Crippen LogP contribution in [0.5, 0.6) is 0 Å². The third kappa shape index (κ3) is 1.95. The molecule has 1 nitrogen and oxygen atoms in total. The van der Waals surface area contributed by atoms with E-state index in [0.29, 0.717) is 0 Å². The van der Waals surface area contributed by atoms with Gasteiger partial charge in [-0.05, 0) is 0 Å². The summed E-state index contributed by atoms with van der Waals surface area (Å²) in [5.41, 5.74) is 0. The molecular formula is CHF2N. The molecule has 0 aromatic heterocycles. The van der Waals surface area contributed by atoms with Crippen molar-refractivity contribution in [2.75, 3.05) is 0 Å². The van der Waals surface area contributed by atoms with Crippen LogP contribution >= 0.6 is 0 Å². The van der Waals surface area contributed by atoms with Gasteiger partial charge in [-0.1, -0.05) is 6.72 Å². The molecule has 0 atom stereocenters. The second-order valence-corrected chi connectivity index (χ2v) is 0.259. The van der Waals surface area contributed by atoms with Gasteiger partial charge in [0.2, 0.25) is 0 Å². The zero-order valence-corrected chi connectivity index (χ0v) is 1.78. The van der Waals surface area contributed by atoms with Crippen molar-refractivity contribution >= 4 is 6.72 Å². The maximum absolute atomic E-state index is 9.94. The smallest absolute Gasteiger partial charge is 0.0965 e. The highest BCUT2D eigenvalue weighted by molar-refractivity contribution is 5.12. The van der Waals surface area contributed by atoms with Crippen molar-refractivity contribution < 1.29 is 14.0 Å². The van der Waals surface area contributed by atoms with Crippen LogP contribution in [0.3, 0.4) is 0 Å². The summed E-state index contributed by atoms with van der Waals surface area (Å²) in [5, 5.41) is -1.50. The molecule has 0 aromatic carbocycles. The summed E-state index contributed by atoms with van der Waals surface area (Å²) < 4.78 is 19.9. The Morgan fingerprint density at radius 2 is 1.50 bits per heavy atom. The first kappa shape index (κ1) is 3.53. The number of hydrogen-bond acceptors (Lipinski definition) is 0. The molecule has 0 unspecified atom stereocenters. The third-order valence-electron chi connectivity index (χ3n) is 0. The average molecular weight is 65.0 g/mol. The summed E-state index contributed by atoms with van der Waals surface area (Å²) in [6.45, 7) is 3.61. The summed E-state index contributed by atoms with van der Waals surface area (Å²) in [6.07, 6.45) is 0. The van der Waals surface area contributed by atoms with E-state index in [1.165, 1.54) is 0 Å². The minimum Gasteiger partial charge on any atom is -0.0965 e. The second-order valence-electron chi connectivity index (χ2n) is 0.259. The highest BCUT2D eigenvalue weighted by Gasteiger charge is 1.63. The van der Waals surface area contributed by atoms with Gasteiger partial charge >= 0.3 is 0 Å². The first-order valence-electron chi connectivity index (χ1n) is 0.596. The predicted molar refractivity (Wildman–Crippen MR) is 8.54 cm³/mol. The molecule has 4 heavy (non-hydrogen) atoms. The largest absolute Gasteiger partial charge is 0.1000 e. The first-order chi connectivity index (χ1) is 1.73. The topological polar surface area (TPSA) is 3.01 Å². The normalized spacial score (nSPS) is 6.50. The Labute approximate surface area is 22.0 Å². The highest BCUT2D eigenvalue weighted by Crippen LogP contribution is 1.61. The summed E-state index contributed by atoms with van der Waals surface area (Å²) in [4.78, 5) is 0. The van der Waals surface area contributed by atoms with Crippen LogP contribution in [0.2, 0.25) is 0 Å². The summed E-state index contributed by atoms with van der Waals surface area (Å²) in [7, 11) is 0.